The van der Waals surface area contributed by atoms with Gasteiger partial charge in [-0.1, -0.05) is 23.7 Å². The summed E-state index contributed by atoms with van der Waals surface area (Å²) in [6, 6.07) is 7.51. The van der Waals surface area contributed by atoms with Crippen molar-refractivity contribution in [3.8, 4) is 0 Å². The summed E-state index contributed by atoms with van der Waals surface area (Å²) < 4.78 is 0. The SMILES string of the molecule is Cc1nc(N2CCN(CCO)CC2)[nH]c(=O)c1Cc1ccc(Cl)cc1. The summed E-state index contributed by atoms with van der Waals surface area (Å²) in [7, 11) is 0. The van der Waals surface area contributed by atoms with Crippen molar-refractivity contribution in [2.75, 3.05) is 44.2 Å². The lowest BCUT2D eigenvalue weighted by atomic mass is 10.1. The van der Waals surface area contributed by atoms with Crippen LogP contribution in [0.3, 0.4) is 0 Å². The third-order valence-corrected chi connectivity index (χ3v) is 4.84. The smallest absolute Gasteiger partial charge is 0.256 e. The molecule has 7 heteroatoms. The lowest BCUT2D eigenvalue weighted by molar-refractivity contribution is 0.188. The summed E-state index contributed by atoms with van der Waals surface area (Å²) in [4.78, 5) is 24.4. The van der Waals surface area contributed by atoms with Gasteiger partial charge in [0.15, 0.2) is 0 Å². The second-order valence-corrected chi connectivity index (χ2v) is 6.75. The van der Waals surface area contributed by atoms with E-state index >= 15 is 0 Å². The van der Waals surface area contributed by atoms with Crippen LogP contribution in [0.1, 0.15) is 16.8 Å². The zero-order chi connectivity index (χ0) is 17.8. The Kier molecular flexibility index (Phi) is 5.73. The molecule has 1 aromatic carbocycles. The predicted molar refractivity (Wildman–Crippen MR) is 99.6 cm³/mol. The summed E-state index contributed by atoms with van der Waals surface area (Å²) in [5.74, 6) is 0.631. The molecule has 0 amide bonds. The first-order valence-corrected chi connectivity index (χ1v) is 8.87. The van der Waals surface area contributed by atoms with Gasteiger partial charge in [0, 0.05) is 49.7 Å². The van der Waals surface area contributed by atoms with Gasteiger partial charge >= 0.3 is 0 Å². The normalized spacial score (nSPS) is 15.6. The molecule has 2 N–H and O–H groups in total. The quantitative estimate of drug-likeness (QED) is 0.842. The standard InChI is InChI=1S/C18H23ClN4O2/c1-13-16(12-14-2-4-15(19)5-3-14)17(25)21-18(20-13)23-8-6-22(7-9-23)10-11-24/h2-5,24H,6-12H2,1H3,(H,20,21,25). The monoisotopic (exact) mass is 362 g/mol. The number of hydrogen-bond donors (Lipinski definition) is 2. The third kappa shape index (κ3) is 4.39. The van der Waals surface area contributed by atoms with E-state index in [0.29, 0.717) is 29.5 Å². The molecule has 1 aliphatic heterocycles. The summed E-state index contributed by atoms with van der Waals surface area (Å²) in [6.45, 7) is 6.04. The highest BCUT2D eigenvalue weighted by molar-refractivity contribution is 6.30. The number of nitrogens with zero attached hydrogens (tertiary/aromatic N) is 3. The van der Waals surface area contributed by atoms with Crippen molar-refractivity contribution >= 4 is 17.5 Å². The van der Waals surface area contributed by atoms with E-state index in [0.717, 1.165) is 37.4 Å². The summed E-state index contributed by atoms with van der Waals surface area (Å²) in [5.41, 5.74) is 2.39. The number of β-amino-alcohol motifs (C(OH)–C–C–N with tert-alkyl or cyclic N) is 1. The maximum Gasteiger partial charge on any atom is 0.256 e. The zero-order valence-electron chi connectivity index (χ0n) is 14.3. The molecular weight excluding hydrogens is 340 g/mol. The van der Waals surface area contributed by atoms with E-state index in [1.165, 1.54) is 0 Å². The number of hydrogen-bond acceptors (Lipinski definition) is 5. The number of aryl methyl sites for hydroxylation is 1. The molecule has 0 radical (unpaired) electrons. The predicted octanol–water partition coefficient (Wildman–Crippen LogP) is 1.44. The fourth-order valence-corrected chi connectivity index (χ4v) is 3.21. The number of aliphatic hydroxyl groups excluding tert-OH is 1. The van der Waals surface area contributed by atoms with Gasteiger partial charge in [-0.15, -0.1) is 0 Å². The Balaban J connectivity index is 1.74. The van der Waals surface area contributed by atoms with Gasteiger partial charge in [-0.2, -0.15) is 0 Å². The largest absolute Gasteiger partial charge is 0.395 e. The van der Waals surface area contributed by atoms with Crippen molar-refractivity contribution in [3.63, 3.8) is 0 Å². The second kappa shape index (κ2) is 7.99. The van der Waals surface area contributed by atoms with Gasteiger partial charge in [-0.05, 0) is 24.6 Å². The third-order valence-electron chi connectivity index (χ3n) is 4.59. The van der Waals surface area contributed by atoms with Crippen LogP contribution >= 0.6 is 11.6 Å². The van der Waals surface area contributed by atoms with Crippen LogP contribution in [0.2, 0.25) is 5.02 Å². The number of aliphatic hydroxyl groups is 1. The van der Waals surface area contributed by atoms with Crippen LogP contribution < -0.4 is 10.5 Å². The highest BCUT2D eigenvalue weighted by Crippen LogP contribution is 2.15. The maximum atomic E-state index is 12.5. The molecule has 1 saturated heterocycles. The van der Waals surface area contributed by atoms with Gasteiger partial charge in [0.25, 0.3) is 5.56 Å². The Morgan fingerprint density at radius 3 is 2.48 bits per heavy atom. The highest BCUT2D eigenvalue weighted by atomic mass is 35.5. The molecule has 1 aromatic heterocycles. The number of benzene rings is 1. The molecule has 134 valence electrons. The molecule has 3 rings (SSSR count). The second-order valence-electron chi connectivity index (χ2n) is 6.31. The Bertz CT molecular complexity index is 768. The molecule has 1 aliphatic rings. The molecular formula is C18H23ClN4O2. The van der Waals surface area contributed by atoms with E-state index in [4.69, 9.17) is 16.7 Å². The van der Waals surface area contributed by atoms with Gasteiger partial charge < -0.3 is 10.0 Å². The van der Waals surface area contributed by atoms with Crippen molar-refractivity contribution < 1.29 is 5.11 Å². The van der Waals surface area contributed by atoms with Crippen LogP contribution in [-0.4, -0.2) is 59.3 Å². The minimum Gasteiger partial charge on any atom is -0.395 e. The van der Waals surface area contributed by atoms with Crippen molar-refractivity contribution in [2.45, 2.75) is 13.3 Å². The number of piperazine rings is 1. The van der Waals surface area contributed by atoms with E-state index in [2.05, 4.69) is 19.8 Å². The molecule has 0 unspecified atom stereocenters. The van der Waals surface area contributed by atoms with Gasteiger partial charge in [0.1, 0.15) is 0 Å². The number of aromatic amines is 1. The average molecular weight is 363 g/mol. The van der Waals surface area contributed by atoms with Crippen molar-refractivity contribution in [1.29, 1.82) is 0 Å². The van der Waals surface area contributed by atoms with Crippen LogP contribution in [0.25, 0.3) is 0 Å². The zero-order valence-corrected chi connectivity index (χ0v) is 15.1. The van der Waals surface area contributed by atoms with Crippen molar-refractivity contribution in [3.05, 3.63) is 56.5 Å². The number of halogens is 1. The minimum atomic E-state index is -0.0877. The van der Waals surface area contributed by atoms with Crippen LogP contribution in [0.4, 0.5) is 5.95 Å². The number of anilines is 1. The van der Waals surface area contributed by atoms with E-state index in [1.807, 2.05) is 31.2 Å². The van der Waals surface area contributed by atoms with Crippen LogP contribution in [0.5, 0.6) is 0 Å². The Morgan fingerprint density at radius 1 is 1.20 bits per heavy atom. The first kappa shape index (κ1) is 17.9. The van der Waals surface area contributed by atoms with E-state index in [9.17, 15) is 4.79 Å². The van der Waals surface area contributed by atoms with Crippen LogP contribution in [-0.2, 0) is 6.42 Å². The topological polar surface area (TPSA) is 72.5 Å². The highest BCUT2D eigenvalue weighted by Gasteiger charge is 2.19. The molecule has 0 aliphatic carbocycles. The molecule has 0 atom stereocenters. The molecule has 25 heavy (non-hydrogen) atoms. The number of H-pyrrole nitrogens is 1. The van der Waals surface area contributed by atoms with Gasteiger partial charge in [0.2, 0.25) is 5.95 Å². The first-order chi connectivity index (χ1) is 12.1. The summed E-state index contributed by atoms with van der Waals surface area (Å²) in [6.07, 6.45) is 0.538. The number of rotatable bonds is 5. The van der Waals surface area contributed by atoms with E-state index < -0.39 is 0 Å². The van der Waals surface area contributed by atoms with Crippen molar-refractivity contribution in [2.24, 2.45) is 0 Å². The van der Waals surface area contributed by atoms with Crippen molar-refractivity contribution in [1.82, 2.24) is 14.9 Å². The molecule has 2 heterocycles. The maximum absolute atomic E-state index is 12.5. The molecule has 2 aromatic rings. The molecule has 6 nitrogen and oxygen atoms in total. The average Bonchev–Trinajstić information content (AvgIpc) is 2.60. The molecule has 1 fully saturated rings. The van der Waals surface area contributed by atoms with Gasteiger partial charge in [0.05, 0.1) is 12.3 Å². The van der Waals surface area contributed by atoms with E-state index in [-0.39, 0.29) is 12.2 Å². The van der Waals surface area contributed by atoms with Crippen LogP contribution in [0.15, 0.2) is 29.1 Å². The lowest BCUT2D eigenvalue weighted by Gasteiger charge is -2.34. The summed E-state index contributed by atoms with van der Waals surface area (Å²) in [5, 5.41) is 9.70. The molecule has 0 bridgehead atoms. The van der Waals surface area contributed by atoms with E-state index in [1.54, 1.807) is 0 Å². The Hall–Kier alpha value is -1.89. The fourth-order valence-electron chi connectivity index (χ4n) is 3.08. The van der Waals surface area contributed by atoms with Crippen LogP contribution in [0, 0.1) is 6.92 Å². The van der Waals surface area contributed by atoms with Gasteiger partial charge in [-0.3, -0.25) is 14.7 Å². The minimum absolute atomic E-state index is 0.0877. The summed E-state index contributed by atoms with van der Waals surface area (Å²) >= 11 is 5.91. The molecule has 0 spiro atoms. The Morgan fingerprint density at radius 2 is 1.88 bits per heavy atom. The lowest BCUT2D eigenvalue weighted by Crippen LogP contribution is -2.48. The fraction of sp³-hybridized carbons (Fsp3) is 0.444. The molecule has 0 saturated carbocycles. The van der Waals surface area contributed by atoms with Gasteiger partial charge in [-0.25, -0.2) is 4.98 Å². The Labute approximate surface area is 152 Å². The number of nitrogens with one attached hydrogen (secondary N) is 1. The number of aromatic nitrogens is 2. The first-order valence-electron chi connectivity index (χ1n) is 8.49.